The summed E-state index contributed by atoms with van der Waals surface area (Å²) in [5.41, 5.74) is 30.9. The molecule has 8 aromatic carbocycles. The summed E-state index contributed by atoms with van der Waals surface area (Å²) in [6.45, 7) is 18.2. The lowest BCUT2D eigenvalue weighted by atomic mass is 9.67. The zero-order chi connectivity index (χ0) is 74.1. The SMILES string of the molecule is CCCCCCC1(CCCCCC)c2cc(C)ccc2-c2ccc(-c3ccc(-c4ccc(-c5ccc(C)s5)c5nsnc45)s3)cc21.CCCCCCCCc1cc(-c2ccc(-c3cc(CCCCCCCC)c(-c4ccc5c(c4)C(c4ccccc4)(c4ccccc4)c4cc(C)ccc4-5)s3)c3nsnc23)sc1C. The molecule has 2 aliphatic rings. The van der Waals surface area contributed by atoms with Gasteiger partial charge < -0.3 is 0 Å². The quantitative estimate of drug-likeness (QED) is 0.0394. The first kappa shape index (κ1) is 75.6. The lowest BCUT2D eigenvalue weighted by Crippen LogP contribution is -2.28. The number of aromatic nitrogens is 4. The molecular formula is C98H104N4S6. The molecule has 14 aromatic rings. The van der Waals surface area contributed by atoms with Crippen LogP contribution in [0.2, 0.25) is 0 Å². The fraction of sp³-hybridized carbons (Fsp3) is 0.347. The van der Waals surface area contributed by atoms with Gasteiger partial charge in [0.1, 0.15) is 22.1 Å². The minimum atomic E-state index is -0.433. The predicted molar refractivity (Wildman–Crippen MR) is 473 cm³/mol. The van der Waals surface area contributed by atoms with Gasteiger partial charge in [-0.25, -0.2) is 0 Å². The Morgan fingerprint density at radius 3 is 1.23 bits per heavy atom. The van der Waals surface area contributed by atoms with E-state index in [1.54, 1.807) is 11.1 Å². The molecule has 0 saturated heterocycles. The van der Waals surface area contributed by atoms with Crippen molar-refractivity contribution in [3.8, 4) is 84.9 Å². The topological polar surface area (TPSA) is 51.6 Å². The minimum absolute atomic E-state index is 0.0999. The molecule has 0 N–H and O–H groups in total. The summed E-state index contributed by atoms with van der Waals surface area (Å²) in [7, 11) is 0. The van der Waals surface area contributed by atoms with E-state index in [0.29, 0.717) is 0 Å². The number of thiophene rings is 4. The highest BCUT2D eigenvalue weighted by Gasteiger charge is 2.47. The molecule has 6 aromatic heterocycles. The molecule has 10 heteroatoms. The predicted octanol–water partition coefficient (Wildman–Crippen LogP) is 31.2. The smallest absolute Gasteiger partial charge is 0.114 e. The second kappa shape index (κ2) is 34.6. The second-order valence-electron chi connectivity index (χ2n) is 30.8. The van der Waals surface area contributed by atoms with Crippen LogP contribution < -0.4 is 0 Å². The molecule has 0 fully saturated rings. The van der Waals surface area contributed by atoms with Gasteiger partial charge in [0.15, 0.2) is 0 Å². The summed E-state index contributed by atoms with van der Waals surface area (Å²) in [4.78, 5) is 10.6. The number of aryl methyl sites for hydroxylation is 6. The molecule has 0 aliphatic heterocycles. The summed E-state index contributed by atoms with van der Waals surface area (Å²) < 4.78 is 19.5. The highest BCUT2D eigenvalue weighted by molar-refractivity contribution is 7.19. The number of fused-ring (bicyclic) bond motifs is 8. The van der Waals surface area contributed by atoms with E-state index in [1.165, 1.54) is 304 Å². The van der Waals surface area contributed by atoms with Gasteiger partial charge in [0.2, 0.25) is 0 Å². The molecule has 16 rings (SSSR count). The van der Waals surface area contributed by atoms with E-state index in [2.05, 4.69) is 250 Å². The molecule has 0 spiro atoms. The molecule has 552 valence electrons. The Bertz CT molecular complexity index is 5330. The van der Waals surface area contributed by atoms with E-state index >= 15 is 0 Å². The van der Waals surface area contributed by atoms with Gasteiger partial charge in [0, 0.05) is 66.7 Å². The Kier molecular flexibility index (Phi) is 24.2. The molecule has 4 nitrogen and oxygen atoms in total. The van der Waals surface area contributed by atoms with Crippen molar-refractivity contribution in [2.45, 2.75) is 220 Å². The lowest BCUT2D eigenvalue weighted by molar-refractivity contribution is 0.401. The summed E-state index contributed by atoms with van der Waals surface area (Å²) in [6, 6.07) is 74.6. The van der Waals surface area contributed by atoms with Gasteiger partial charge in [-0.1, -0.05) is 300 Å². The summed E-state index contributed by atoms with van der Waals surface area (Å²) in [5, 5.41) is 0. The van der Waals surface area contributed by atoms with Gasteiger partial charge in [-0.3, -0.25) is 0 Å². The van der Waals surface area contributed by atoms with Gasteiger partial charge in [0.25, 0.3) is 0 Å². The van der Waals surface area contributed by atoms with Crippen molar-refractivity contribution in [2.75, 3.05) is 0 Å². The maximum atomic E-state index is 5.02. The van der Waals surface area contributed by atoms with E-state index in [9.17, 15) is 0 Å². The second-order valence-corrected chi connectivity index (χ2v) is 36.6. The molecule has 6 heterocycles. The maximum Gasteiger partial charge on any atom is 0.114 e. The zero-order valence-corrected chi connectivity index (χ0v) is 69.6. The lowest BCUT2D eigenvalue weighted by Gasteiger charge is -2.34. The van der Waals surface area contributed by atoms with Crippen molar-refractivity contribution in [3.63, 3.8) is 0 Å². The monoisotopic (exact) mass is 1530 g/mol. The third-order valence-corrected chi connectivity index (χ3v) is 29.0. The molecule has 0 bridgehead atoms. The van der Waals surface area contributed by atoms with Crippen LogP contribution in [0.5, 0.6) is 0 Å². The standard InChI is InChI=1S/C57H60N2S3.C41H44N2S3/c1-5-7-9-11-13-17-23-41-37-52(60-40(41)4)48-33-34-49(55-54(48)58-62-59-55)53-38-42(24-18-14-12-10-8-6-2)56(61-53)43-30-32-47-46-31-29-39(3)35-50(46)57(51(47)36-43,44-25-19-15-20-26-44)45-27-21-16-22-28-45;1-5-7-9-11-23-41(24-12-10-8-6-2)34-25-27(3)13-16-30(34)31-17-15-29(26-35(31)41)36-21-22-38(45-36)33-19-18-32(37-20-14-28(4)44-37)39-40(33)43-46-42-39/h15-16,19-22,25-38H,5-14,17-18,23-24H2,1-4H3;13-22,25-26H,5-12,23-24H2,1-4H3. The molecule has 0 amide bonds. The van der Waals surface area contributed by atoms with Gasteiger partial charge >= 0.3 is 0 Å². The van der Waals surface area contributed by atoms with Gasteiger partial charge in [-0.15, -0.1) is 45.3 Å². The van der Waals surface area contributed by atoms with Gasteiger partial charge in [0.05, 0.1) is 28.9 Å². The van der Waals surface area contributed by atoms with Gasteiger partial charge in [-0.05, 0) is 193 Å². The van der Waals surface area contributed by atoms with E-state index in [4.69, 9.17) is 17.5 Å². The number of nitrogens with zero attached hydrogens (tertiary/aromatic N) is 4. The number of rotatable bonds is 32. The molecule has 0 radical (unpaired) electrons. The zero-order valence-electron chi connectivity index (χ0n) is 64.7. The van der Waals surface area contributed by atoms with Crippen molar-refractivity contribution in [3.05, 3.63) is 260 Å². The van der Waals surface area contributed by atoms with Crippen molar-refractivity contribution >= 4 is 90.9 Å². The maximum absolute atomic E-state index is 5.02. The van der Waals surface area contributed by atoms with Crippen LogP contribution in [0.4, 0.5) is 0 Å². The first-order chi connectivity index (χ1) is 53.0. The Balaban J connectivity index is 0.000000180. The van der Waals surface area contributed by atoms with Crippen LogP contribution >= 0.6 is 68.8 Å². The van der Waals surface area contributed by atoms with E-state index in [1.807, 2.05) is 45.3 Å². The first-order valence-corrected chi connectivity index (χ1v) is 45.3. The number of unbranched alkanes of at least 4 members (excludes halogenated alkanes) is 16. The molecule has 2 aliphatic carbocycles. The van der Waals surface area contributed by atoms with E-state index in [0.717, 1.165) is 34.9 Å². The van der Waals surface area contributed by atoms with Crippen LogP contribution in [-0.2, 0) is 23.7 Å². The number of hydrogen-bond donors (Lipinski definition) is 0. The van der Waals surface area contributed by atoms with Crippen LogP contribution in [0.1, 0.15) is 234 Å². The fourth-order valence-electron chi connectivity index (χ4n) is 17.7. The average Bonchev–Trinajstić information content (AvgIpc) is 1.54. The van der Waals surface area contributed by atoms with Crippen LogP contribution in [0.3, 0.4) is 0 Å². The summed E-state index contributed by atoms with van der Waals surface area (Å²) in [6.07, 6.45) is 30.8. The van der Waals surface area contributed by atoms with Crippen LogP contribution in [-0.4, -0.2) is 17.5 Å². The van der Waals surface area contributed by atoms with Crippen LogP contribution in [0.15, 0.2) is 194 Å². The number of hydrogen-bond acceptors (Lipinski definition) is 10. The summed E-state index contributed by atoms with van der Waals surface area (Å²) in [5.74, 6) is 0. The van der Waals surface area contributed by atoms with E-state index < -0.39 is 5.41 Å². The van der Waals surface area contributed by atoms with Crippen molar-refractivity contribution in [2.24, 2.45) is 0 Å². The highest BCUT2D eigenvalue weighted by Crippen LogP contribution is 2.59. The summed E-state index contributed by atoms with van der Waals surface area (Å²) >= 11 is 10.2. The fourth-order valence-corrected chi connectivity index (χ4v) is 23.1. The Labute approximate surface area is 667 Å². The van der Waals surface area contributed by atoms with Crippen LogP contribution in [0.25, 0.3) is 107 Å². The Morgan fingerprint density at radius 2 is 0.694 bits per heavy atom. The normalized spacial score (nSPS) is 13.1. The van der Waals surface area contributed by atoms with Crippen molar-refractivity contribution in [1.29, 1.82) is 0 Å². The Hall–Kier alpha value is -7.80. The third kappa shape index (κ3) is 15.3. The third-order valence-electron chi connectivity index (χ3n) is 23.4. The highest BCUT2D eigenvalue weighted by atomic mass is 32.1. The van der Waals surface area contributed by atoms with E-state index in [-0.39, 0.29) is 5.41 Å². The molecule has 0 saturated carbocycles. The first-order valence-electron chi connectivity index (χ1n) is 40.6. The molecule has 0 unspecified atom stereocenters. The molecule has 0 atom stereocenters. The molecular weight excluding hydrogens is 1430 g/mol. The van der Waals surface area contributed by atoms with Crippen LogP contribution in [0, 0.1) is 27.7 Å². The average molecular weight is 1530 g/mol. The van der Waals surface area contributed by atoms with Gasteiger partial charge in [-0.2, -0.15) is 17.5 Å². The minimum Gasteiger partial charge on any atom is -0.172 e. The molecule has 108 heavy (non-hydrogen) atoms. The van der Waals surface area contributed by atoms with Crippen molar-refractivity contribution in [1.82, 2.24) is 17.5 Å². The number of benzene rings is 8. The Morgan fingerprint density at radius 1 is 0.296 bits per heavy atom. The van der Waals surface area contributed by atoms with Crippen molar-refractivity contribution < 1.29 is 0 Å². The largest absolute Gasteiger partial charge is 0.172 e.